The Morgan fingerprint density at radius 2 is 2.46 bits per heavy atom. The van der Waals surface area contributed by atoms with Crippen LogP contribution in [-0.2, 0) is 0 Å². The van der Waals surface area contributed by atoms with Crippen LogP contribution in [0.15, 0.2) is 23.1 Å². The molecule has 0 aromatic rings. The fourth-order valence-electron chi connectivity index (χ4n) is 1.04. The maximum atomic E-state index is 10.3. The van der Waals surface area contributed by atoms with Gasteiger partial charge in [0.25, 0.3) is 0 Å². The van der Waals surface area contributed by atoms with Crippen LogP contribution in [0, 0.1) is 21.4 Å². The summed E-state index contributed by atoms with van der Waals surface area (Å²) >= 11 is 0. The number of aliphatic hydroxyl groups is 1. The summed E-state index contributed by atoms with van der Waals surface area (Å²) in [5, 5.41) is 28.0. The molecule has 13 heavy (non-hydrogen) atoms. The molecule has 0 aromatic heterocycles. The number of aliphatic hydroxyl groups excluding tert-OH is 1. The van der Waals surface area contributed by atoms with E-state index in [1.807, 2.05) is 0 Å². The number of hydrogen-bond acceptors (Lipinski definition) is 5. The Hall–Kier alpha value is -1.87. The molecule has 0 saturated carbocycles. The van der Waals surface area contributed by atoms with Gasteiger partial charge in [0.05, 0.1) is 23.0 Å². The Morgan fingerprint density at radius 3 is 2.92 bits per heavy atom. The summed E-state index contributed by atoms with van der Waals surface area (Å²) in [7, 11) is 0. The molecule has 68 valence electrons. The molecular formula is C7H7N3O3. The number of nitrogens with two attached hydrogens (primary N) is 1. The molecule has 0 fully saturated rings. The van der Waals surface area contributed by atoms with Gasteiger partial charge in [-0.2, -0.15) is 5.26 Å². The molecule has 3 N–H and O–H groups in total. The van der Waals surface area contributed by atoms with Crippen LogP contribution in [0.25, 0.3) is 0 Å². The fraction of sp³-hybridized carbons (Fsp3) is 0.286. The molecule has 0 bridgehead atoms. The number of hydrogen-bond donors (Lipinski definition) is 2. The Kier molecular flexibility index (Phi) is 2.30. The smallest absolute Gasteiger partial charge is 0.249 e. The van der Waals surface area contributed by atoms with Gasteiger partial charge >= 0.3 is 0 Å². The Balaban J connectivity index is 3.11. The minimum absolute atomic E-state index is 0.0516. The van der Waals surface area contributed by atoms with Gasteiger partial charge in [0.1, 0.15) is 11.8 Å². The van der Waals surface area contributed by atoms with E-state index in [2.05, 4.69) is 0 Å². The average Bonchev–Trinajstić information content (AvgIpc) is 2.09. The van der Waals surface area contributed by atoms with Crippen molar-refractivity contribution < 1.29 is 10.0 Å². The van der Waals surface area contributed by atoms with E-state index in [9.17, 15) is 15.2 Å². The molecule has 1 aliphatic rings. The zero-order valence-corrected chi connectivity index (χ0v) is 6.60. The van der Waals surface area contributed by atoms with Gasteiger partial charge in [0.15, 0.2) is 0 Å². The quantitative estimate of drug-likeness (QED) is 0.443. The molecule has 0 aliphatic heterocycles. The van der Waals surface area contributed by atoms with Crippen LogP contribution < -0.4 is 5.73 Å². The second-order valence-electron chi connectivity index (χ2n) is 2.61. The van der Waals surface area contributed by atoms with Crippen LogP contribution >= 0.6 is 0 Å². The van der Waals surface area contributed by atoms with Crippen molar-refractivity contribution in [1.29, 1.82) is 5.26 Å². The molecule has 0 aromatic carbocycles. The van der Waals surface area contributed by atoms with Crippen molar-refractivity contribution in [1.82, 2.24) is 0 Å². The molecule has 0 saturated heterocycles. The van der Waals surface area contributed by atoms with Crippen LogP contribution in [0.2, 0.25) is 0 Å². The van der Waals surface area contributed by atoms with Gasteiger partial charge in [-0.05, 0) is 0 Å². The second-order valence-corrected chi connectivity index (χ2v) is 2.61. The van der Waals surface area contributed by atoms with Crippen LogP contribution in [0.5, 0.6) is 0 Å². The van der Waals surface area contributed by atoms with Gasteiger partial charge in [0.2, 0.25) is 5.70 Å². The number of nitrogens with zero attached hydrogens (tertiary/aromatic N) is 2. The van der Waals surface area contributed by atoms with Crippen molar-refractivity contribution in [3.63, 3.8) is 0 Å². The topological polar surface area (TPSA) is 113 Å². The summed E-state index contributed by atoms with van der Waals surface area (Å²) < 4.78 is 0. The third-order valence-corrected chi connectivity index (χ3v) is 1.72. The lowest BCUT2D eigenvalue weighted by Crippen LogP contribution is -2.28. The Bertz CT molecular complexity index is 350. The van der Waals surface area contributed by atoms with E-state index < -0.39 is 11.0 Å². The zero-order chi connectivity index (χ0) is 10.0. The first-order valence-corrected chi connectivity index (χ1v) is 3.50. The molecule has 1 rings (SSSR count). The highest BCUT2D eigenvalue weighted by Crippen LogP contribution is 2.21. The van der Waals surface area contributed by atoms with Gasteiger partial charge < -0.3 is 10.8 Å². The Labute approximate surface area is 73.7 Å². The minimum atomic E-state index is -0.847. The average molecular weight is 181 g/mol. The predicted octanol–water partition coefficient (Wildman–Crippen LogP) is 0.214. The first kappa shape index (κ1) is 9.22. The monoisotopic (exact) mass is 181 g/mol. The van der Waals surface area contributed by atoms with Gasteiger partial charge in [-0.25, -0.2) is 0 Å². The van der Waals surface area contributed by atoms with Crippen molar-refractivity contribution in [2.24, 2.45) is 5.73 Å². The largest absolute Gasteiger partial charge is 0.509 e. The van der Waals surface area contributed by atoms with E-state index in [0.717, 1.165) is 6.08 Å². The van der Waals surface area contributed by atoms with Crippen LogP contribution in [0.3, 0.4) is 0 Å². The summed E-state index contributed by atoms with van der Waals surface area (Å²) in [5.41, 5.74) is 5.08. The molecular weight excluding hydrogens is 174 g/mol. The number of allylic oxidation sites excluding steroid dienone is 2. The summed E-state index contributed by atoms with van der Waals surface area (Å²) in [6.07, 6.45) is 0.989. The number of rotatable bonds is 1. The number of nitro groups is 1. The summed E-state index contributed by atoms with van der Waals surface area (Å²) in [6, 6.07) is 0.791. The van der Waals surface area contributed by atoms with Crippen LogP contribution in [0.4, 0.5) is 0 Å². The normalized spacial score (nSPS) is 22.2. The van der Waals surface area contributed by atoms with E-state index >= 15 is 0 Å². The van der Waals surface area contributed by atoms with Gasteiger partial charge in [-0.3, -0.25) is 10.1 Å². The highest BCUT2D eigenvalue weighted by molar-refractivity contribution is 5.41. The SMILES string of the molecule is N#CC1=C(O)C(N)CC([N+](=O)[O-])=C1. The molecule has 0 heterocycles. The van der Waals surface area contributed by atoms with Crippen molar-refractivity contribution in [3.05, 3.63) is 33.2 Å². The highest BCUT2D eigenvalue weighted by Gasteiger charge is 2.26. The maximum Gasteiger partial charge on any atom is 0.249 e. The van der Waals surface area contributed by atoms with E-state index in [1.54, 1.807) is 6.07 Å². The summed E-state index contributed by atoms with van der Waals surface area (Å²) in [4.78, 5) is 9.73. The molecule has 1 unspecified atom stereocenters. The van der Waals surface area contributed by atoms with Crippen LogP contribution in [0.1, 0.15) is 6.42 Å². The zero-order valence-electron chi connectivity index (χ0n) is 6.60. The minimum Gasteiger partial charge on any atom is -0.509 e. The Morgan fingerprint density at radius 1 is 1.85 bits per heavy atom. The predicted molar refractivity (Wildman–Crippen MR) is 42.9 cm³/mol. The maximum absolute atomic E-state index is 10.3. The first-order valence-electron chi connectivity index (χ1n) is 3.50. The lowest BCUT2D eigenvalue weighted by molar-refractivity contribution is -0.428. The van der Waals surface area contributed by atoms with E-state index in [1.165, 1.54) is 0 Å². The van der Waals surface area contributed by atoms with Gasteiger partial charge in [-0.15, -0.1) is 0 Å². The third-order valence-electron chi connectivity index (χ3n) is 1.72. The molecule has 6 nitrogen and oxygen atoms in total. The van der Waals surface area contributed by atoms with E-state index in [4.69, 9.17) is 11.0 Å². The fourth-order valence-corrected chi connectivity index (χ4v) is 1.04. The van der Waals surface area contributed by atoms with E-state index in [0.29, 0.717) is 0 Å². The van der Waals surface area contributed by atoms with Crippen molar-refractivity contribution in [2.75, 3.05) is 0 Å². The molecule has 6 heteroatoms. The van der Waals surface area contributed by atoms with Gasteiger partial charge in [-0.1, -0.05) is 0 Å². The molecule has 0 amide bonds. The third kappa shape index (κ3) is 1.65. The van der Waals surface area contributed by atoms with Gasteiger partial charge in [0, 0.05) is 6.08 Å². The van der Waals surface area contributed by atoms with Crippen molar-refractivity contribution in [2.45, 2.75) is 12.5 Å². The second kappa shape index (κ2) is 3.25. The van der Waals surface area contributed by atoms with E-state index in [-0.39, 0.29) is 23.5 Å². The first-order chi connectivity index (χ1) is 6.06. The van der Waals surface area contributed by atoms with Crippen molar-refractivity contribution in [3.8, 4) is 6.07 Å². The molecule has 0 spiro atoms. The summed E-state index contributed by atoms with van der Waals surface area (Å²) in [6.45, 7) is 0. The standard InChI is InChI=1S/C7H7N3O3/c8-3-4-1-5(10(12)13)2-6(9)7(4)11/h1,6,11H,2,9H2. The highest BCUT2D eigenvalue weighted by atomic mass is 16.6. The molecule has 1 aliphatic carbocycles. The lowest BCUT2D eigenvalue weighted by Gasteiger charge is -2.13. The molecule has 0 radical (unpaired) electrons. The summed E-state index contributed by atoms with van der Waals surface area (Å²) in [5.74, 6) is -0.284. The molecule has 1 atom stereocenters. The van der Waals surface area contributed by atoms with Crippen LogP contribution in [-0.4, -0.2) is 16.1 Å². The van der Waals surface area contributed by atoms with Crippen molar-refractivity contribution >= 4 is 0 Å². The number of nitriles is 1. The lowest BCUT2D eigenvalue weighted by atomic mass is 9.99.